The van der Waals surface area contributed by atoms with Gasteiger partial charge in [0.15, 0.2) is 0 Å². The van der Waals surface area contributed by atoms with Gasteiger partial charge in [-0.15, -0.1) is 0 Å². The highest BCUT2D eigenvalue weighted by Crippen LogP contribution is 2.32. The highest BCUT2D eigenvalue weighted by Gasteiger charge is 2.22. The van der Waals surface area contributed by atoms with Crippen LogP contribution in [0, 0.1) is 12.8 Å². The van der Waals surface area contributed by atoms with Crippen LogP contribution in [0.2, 0.25) is 0 Å². The Morgan fingerprint density at radius 2 is 1.84 bits per heavy atom. The van der Waals surface area contributed by atoms with Gasteiger partial charge in [-0.25, -0.2) is 15.8 Å². The number of hydrazine groups is 1. The van der Waals surface area contributed by atoms with Crippen molar-refractivity contribution in [2.75, 3.05) is 17.3 Å². The Balaban J connectivity index is 2.18. The smallest absolute Gasteiger partial charge is 0.148 e. The van der Waals surface area contributed by atoms with Crippen molar-refractivity contribution in [3.05, 3.63) is 11.4 Å². The molecule has 1 aliphatic rings. The number of nitrogens with one attached hydrogen (secondary N) is 2. The molecule has 106 valence electrons. The molecule has 1 aromatic rings. The van der Waals surface area contributed by atoms with Gasteiger partial charge in [0.2, 0.25) is 0 Å². The zero-order valence-corrected chi connectivity index (χ0v) is 12.4. The molecule has 1 heterocycles. The Hall–Kier alpha value is -1.36. The Bertz CT molecular complexity index is 446. The van der Waals surface area contributed by atoms with Gasteiger partial charge >= 0.3 is 0 Å². The van der Waals surface area contributed by atoms with Crippen molar-refractivity contribution in [3.8, 4) is 0 Å². The minimum atomic E-state index is -0.0910. The van der Waals surface area contributed by atoms with Crippen LogP contribution in [0.3, 0.4) is 0 Å². The number of nitrogens with two attached hydrogens (primary N) is 1. The third-order valence-electron chi connectivity index (χ3n) is 3.50. The van der Waals surface area contributed by atoms with Gasteiger partial charge < -0.3 is 10.7 Å². The second-order valence-electron chi connectivity index (χ2n) is 6.42. The van der Waals surface area contributed by atoms with E-state index < -0.39 is 0 Å². The molecule has 0 spiro atoms. The summed E-state index contributed by atoms with van der Waals surface area (Å²) in [5.74, 6) is 8.88. The van der Waals surface area contributed by atoms with Gasteiger partial charge in [-0.2, -0.15) is 0 Å². The maximum Gasteiger partial charge on any atom is 0.148 e. The van der Waals surface area contributed by atoms with Crippen LogP contribution >= 0.6 is 0 Å². The van der Waals surface area contributed by atoms with Crippen LogP contribution in [0.15, 0.2) is 0 Å². The molecule has 1 fully saturated rings. The zero-order chi connectivity index (χ0) is 14.0. The summed E-state index contributed by atoms with van der Waals surface area (Å²) < 4.78 is 0. The molecule has 0 amide bonds. The summed E-state index contributed by atoms with van der Waals surface area (Å²) in [5, 5.41) is 3.42. The fourth-order valence-corrected chi connectivity index (χ4v) is 1.97. The molecule has 0 atom stereocenters. The van der Waals surface area contributed by atoms with Gasteiger partial charge in [0.05, 0.1) is 0 Å². The predicted molar refractivity (Wildman–Crippen MR) is 79.1 cm³/mol. The largest absolute Gasteiger partial charge is 0.370 e. The lowest BCUT2D eigenvalue weighted by molar-refractivity contribution is 0.546. The van der Waals surface area contributed by atoms with Crippen molar-refractivity contribution in [1.82, 2.24) is 9.97 Å². The number of nitrogen functional groups attached to an aromatic ring is 1. The van der Waals surface area contributed by atoms with E-state index in [1.54, 1.807) is 0 Å². The maximum absolute atomic E-state index is 5.55. The van der Waals surface area contributed by atoms with E-state index in [9.17, 15) is 0 Å². The van der Waals surface area contributed by atoms with E-state index in [0.29, 0.717) is 5.82 Å². The number of anilines is 2. The fraction of sp³-hybridized carbons (Fsp3) is 0.714. The first kappa shape index (κ1) is 14.1. The molecule has 5 nitrogen and oxygen atoms in total. The van der Waals surface area contributed by atoms with Crippen molar-refractivity contribution in [2.24, 2.45) is 11.8 Å². The number of aromatic nitrogens is 2. The molecule has 0 saturated heterocycles. The zero-order valence-electron chi connectivity index (χ0n) is 12.4. The van der Waals surface area contributed by atoms with E-state index in [4.69, 9.17) is 5.84 Å². The van der Waals surface area contributed by atoms with E-state index in [1.165, 1.54) is 19.3 Å². The van der Waals surface area contributed by atoms with Gasteiger partial charge in [-0.05, 0) is 19.3 Å². The summed E-state index contributed by atoms with van der Waals surface area (Å²) in [7, 11) is 0. The van der Waals surface area contributed by atoms with Crippen molar-refractivity contribution in [2.45, 2.75) is 52.4 Å². The molecule has 0 radical (unpaired) electrons. The molecule has 19 heavy (non-hydrogen) atoms. The summed E-state index contributed by atoms with van der Waals surface area (Å²) in [6.07, 6.45) is 3.99. The molecular formula is C14H25N5. The van der Waals surface area contributed by atoms with Crippen LogP contribution in [-0.4, -0.2) is 16.5 Å². The Kier molecular flexibility index (Phi) is 3.94. The van der Waals surface area contributed by atoms with Gasteiger partial charge in [0, 0.05) is 17.5 Å². The Labute approximate surface area is 115 Å². The SMILES string of the molecule is Cc1c(NN)nc(C(C)(C)C)nc1NCCC1CC1. The molecule has 0 aliphatic heterocycles. The Morgan fingerprint density at radius 3 is 2.37 bits per heavy atom. The average Bonchev–Trinajstić information content (AvgIpc) is 3.14. The molecule has 4 N–H and O–H groups in total. The summed E-state index contributed by atoms with van der Waals surface area (Å²) in [6.45, 7) is 9.26. The highest BCUT2D eigenvalue weighted by atomic mass is 15.3. The lowest BCUT2D eigenvalue weighted by Gasteiger charge is -2.20. The van der Waals surface area contributed by atoms with Crippen LogP contribution in [0.5, 0.6) is 0 Å². The summed E-state index contributed by atoms with van der Waals surface area (Å²) >= 11 is 0. The molecule has 0 unspecified atom stereocenters. The minimum Gasteiger partial charge on any atom is -0.370 e. The van der Waals surface area contributed by atoms with Crippen molar-refractivity contribution >= 4 is 11.6 Å². The molecule has 0 aromatic carbocycles. The summed E-state index contributed by atoms with van der Waals surface area (Å²) in [4.78, 5) is 9.14. The standard InChI is InChI=1S/C14H25N5/c1-9-11(16-8-7-10-5-6-10)17-13(14(2,3)4)18-12(9)19-15/h10H,5-8,15H2,1-4H3,(H2,16,17,18,19). The summed E-state index contributed by atoms with van der Waals surface area (Å²) in [6, 6.07) is 0. The Morgan fingerprint density at radius 1 is 1.21 bits per heavy atom. The normalized spacial score (nSPS) is 15.4. The first-order chi connectivity index (χ1) is 8.91. The first-order valence-corrected chi connectivity index (χ1v) is 7.01. The van der Waals surface area contributed by atoms with Gasteiger partial charge in [-0.3, -0.25) is 0 Å². The van der Waals surface area contributed by atoms with Crippen LogP contribution < -0.4 is 16.6 Å². The van der Waals surface area contributed by atoms with Crippen molar-refractivity contribution in [1.29, 1.82) is 0 Å². The number of hydrogen-bond donors (Lipinski definition) is 3. The van der Waals surface area contributed by atoms with E-state index in [-0.39, 0.29) is 5.41 Å². The van der Waals surface area contributed by atoms with E-state index >= 15 is 0 Å². The first-order valence-electron chi connectivity index (χ1n) is 7.01. The third kappa shape index (κ3) is 3.56. The monoisotopic (exact) mass is 263 g/mol. The minimum absolute atomic E-state index is 0.0910. The molecule has 0 bridgehead atoms. The predicted octanol–water partition coefficient (Wildman–Crippen LogP) is 2.58. The second-order valence-corrected chi connectivity index (χ2v) is 6.42. The summed E-state index contributed by atoms with van der Waals surface area (Å²) in [5.41, 5.74) is 3.56. The molecular weight excluding hydrogens is 238 g/mol. The van der Waals surface area contributed by atoms with E-state index in [1.807, 2.05) is 6.92 Å². The molecule has 1 saturated carbocycles. The van der Waals surface area contributed by atoms with Crippen molar-refractivity contribution in [3.63, 3.8) is 0 Å². The highest BCUT2D eigenvalue weighted by molar-refractivity contribution is 5.57. The lowest BCUT2D eigenvalue weighted by atomic mass is 9.95. The topological polar surface area (TPSA) is 75.9 Å². The number of rotatable bonds is 5. The van der Waals surface area contributed by atoms with E-state index in [2.05, 4.69) is 41.5 Å². The molecule has 1 aromatic heterocycles. The number of nitrogens with zero attached hydrogens (tertiary/aromatic N) is 2. The second kappa shape index (κ2) is 5.33. The molecule has 5 heteroatoms. The van der Waals surface area contributed by atoms with Crippen LogP contribution in [0.4, 0.5) is 11.6 Å². The van der Waals surface area contributed by atoms with Gasteiger partial charge in [0.1, 0.15) is 17.5 Å². The van der Waals surface area contributed by atoms with Crippen molar-refractivity contribution < 1.29 is 0 Å². The fourth-order valence-electron chi connectivity index (χ4n) is 1.97. The van der Waals surface area contributed by atoms with Gasteiger partial charge in [-0.1, -0.05) is 33.6 Å². The molecule has 2 rings (SSSR count). The maximum atomic E-state index is 5.55. The van der Waals surface area contributed by atoms with Crippen LogP contribution in [0.25, 0.3) is 0 Å². The van der Waals surface area contributed by atoms with Crippen LogP contribution in [0.1, 0.15) is 51.4 Å². The number of hydrogen-bond acceptors (Lipinski definition) is 5. The third-order valence-corrected chi connectivity index (χ3v) is 3.50. The quantitative estimate of drug-likeness (QED) is 0.562. The van der Waals surface area contributed by atoms with Crippen LogP contribution in [-0.2, 0) is 5.41 Å². The van der Waals surface area contributed by atoms with Gasteiger partial charge in [0.25, 0.3) is 0 Å². The lowest BCUT2D eigenvalue weighted by Crippen LogP contribution is -2.21. The average molecular weight is 263 g/mol. The van der Waals surface area contributed by atoms with E-state index in [0.717, 1.165) is 29.7 Å². The molecule has 1 aliphatic carbocycles.